The Balaban J connectivity index is 0.000000720. The smallest absolute Gasteiger partial charge is 0.0417 e. The molecule has 2 rings (SSSR count). The largest absolute Gasteiger partial charge is 0.527 e. The fraction of sp³-hybridized carbons (Fsp3) is 0. The van der Waals surface area contributed by atoms with E-state index in [0.29, 0.717) is 5.75 Å². The molecule has 1 N–H and O–H groups in total. The summed E-state index contributed by atoms with van der Waals surface area (Å²) in [6.45, 7) is 0. The van der Waals surface area contributed by atoms with Crippen LogP contribution in [-0.4, -0.2) is 5.11 Å². The van der Waals surface area contributed by atoms with Gasteiger partial charge in [-0.05, 0) is 0 Å². The molecule has 0 atom stereocenters. The molecule has 0 heterocycles. The second-order valence-electron chi connectivity index (χ2n) is 2.41. The molecular formula is C10H7OY2-. The van der Waals surface area contributed by atoms with Gasteiger partial charge < -0.3 is 5.11 Å². The van der Waals surface area contributed by atoms with Crippen LogP contribution in [0.5, 0.6) is 5.75 Å². The average molecular weight is 321 g/mol. The van der Waals surface area contributed by atoms with Gasteiger partial charge in [-0.3, -0.25) is 0 Å². The van der Waals surface area contributed by atoms with Crippen LogP contribution in [0.1, 0.15) is 0 Å². The van der Waals surface area contributed by atoms with Gasteiger partial charge in [-0.2, -0.15) is 0 Å². The second-order valence-corrected chi connectivity index (χ2v) is 2.41. The fourth-order valence-corrected chi connectivity index (χ4v) is 1.13. The summed E-state index contributed by atoms with van der Waals surface area (Å²) in [5, 5.41) is 11.2. The van der Waals surface area contributed by atoms with E-state index in [-0.39, 0.29) is 65.4 Å². The number of hydrogen-bond donors (Lipinski definition) is 1. The van der Waals surface area contributed by atoms with Gasteiger partial charge in [0, 0.05) is 71.2 Å². The van der Waals surface area contributed by atoms with Gasteiger partial charge >= 0.3 is 0 Å². The van der Waals surface area contributed by atoms with Crippen LogP contribution in [0, 0.1) is 6.07 Å². The molecule has 0 saturated heterocycles. The van der Waals surface area contributed by atoms with Crippen LogP contribution in [0.2, 0.25) is 0 Å². The molecule has 0 amide bonds. The van der Waals surface area contributed by atoms with Crippen LogP contribution < -0.4 is 0 Å². The van der Waals surface area contributed by atoms with Crippen molar-refractivity contribution in [3.05, 3.63) is 42.5 Å². The molecule has 0 aromatic heterocycles. The van der Waals surface area contributed by atoms with E-state index in [0.717, 1.165) is 10.8 Å². The first kappa shape index (κ1) is 13.7. The summed E-state index contributed by atoms with van der Waals surface area (Å²) in [6.07, 6.45) is 0. The van der Waals surface area contributed by atoms with E-state index < -0.39 is 0 Å². The summed E-state index contributed by atoms with van der Waals surface area (Å²) >= 11 is 0. The maximum atomic E-state index is 9.35. The number of benzene rings is 2. The summed E-state index contributed by atoms with van der Waals surface area (Å²) in [7, 11) is 0. The molecule has 0 spiro atoms. The molecule has 0 unspecified atom stereocenters. The Morgan fingerprint density at radius 1 is 1.00 bits per heavy atom. The minimum absolute atomic E-state index is 0. The predicted molar refractivity (Wildman–Crippen MR) is 44.4 cm³/mol. The summed E-state index contributed by atoms with van der Waals surface area (Å²) in [5.74, 6) is 0.319. The van der Waals surface area contributed by atoms with E-state index in [1.807, 2.05) is 24.3 Å². The molecule has 0 aliphatic rings. The number of phenolic OH excluding ortho intramolecular Hbond substituents is 1. The van der Waals surface area contributed by atoms with Gasteiger partial charge in [0.15, 0.2) is 0 Å². The zero-order valence-corrected chi connectivity index (χ0v) is 12.7. The zero-order valence-electron chi connectivity index (χ0n) is 7.07. The number of hydrogen-bond acceptors (Lipinski definition) is 1. The molecule has 2 aromatic carbocycles. The van der Waals surface area contributed by atoms with E-state index in [9.17, 15) is 5.11 Å². The Bertz CT molecular complexity index is 382. The third-order valence-corrected chi connectivity index (χ3v) is 1.68. The van der Waals surface area contributed by atoms with Crippen molar-refractivity contribution < 1.29 is 70.5 Å². The Morgan fingerprint density at radius 2 is 1.69 bits per heavy atom. The number of rotatable bonds is 0. The predicted octanol–water partition coefficient (Wildman–Crippen LogP) is 2.34. The second kappa shape index (κ2) is 6.24. The van der Waals surface area contributed by atoms with Crippen molar-refractivity contribution in [1.82, 2.24) is 0 Å². The maximum Gasteiger partial charge on any atom is 0.0417 e. The van der Waals surface area contributed by atoms with Crippen LogP contribution in [0.15, 0.2) is 36.4 Å². The van der Waals surface area contributed by atoms with Crippen molar-refractivity contribution in [3.63, 3.8) is 0 Å². The SMILES string of the molecule is Oc1cc[c-]c2ccccc12.[Y].[Y]. The first-order valence-electron chi connectivity index (χ1n) is 3.46. The Morgan fingerprint density at radius 3 is 2.38 bits per heavy atom. The molecule has 3 heteroatoms. The number of fused-ring (bicyclic) bond motifs is 1. The van der Waals surface area contributed by atoms with Gasteiger partial charge in [-0.25, -0.2) is 0 Å². The molecule has 13 heavy (non-hydrogen) atoms. The Hall–Kier alpha value is 0.708. The van der Waals surface area contributed by atoms with E-state index in [1.165, 1.54) is 0 Å². The van der Waals surface area contributed by atoms with Crippen molar-refractivity contribution in [2.24, 2.45) is 0 Å². The van der Waals surface area contributed by atoms with Gasteiger partial charge in [0.05, 0.1) is 0 Å². The molecule has 0 saturated carbocycles. The van der Waals surface area contributed by atoms with Crippen molar-refractivity contribution >= 4 is 10.8 Å². The minimum atomic E-state index is 0. The molecule has 2 radical (unpaired) electrons. The zero-order chi connectivity index (χ0) is 7.68. The topological polar surface area (TPSA) is 20.2 Å². The molecule has 0 fully saturated rings. The molecule has 1 nitrogen and oxygen atoms in total. The number of phenols is 1. The van der Waals surface area contributed by atoms with Crippen molar-refractivity contribution in [2.45, 2.75) is 0 Å². The molecule has 0 bridgehead atoms. The molecule has 0 aliphatic carbocycles. The van der Waals surface area contributed by atoms with E-state index in [1.54, 1.807) is 12.1 Å². The standard InChI is InChI=1S/C10H7O.2Y/c11-10-7-3-5-8-4-1-2-6-9(8)10;;/h1-4,6-7,11H;;/q-1;;. The van der Waals surface area contributed by atoms with E-state index in [2.05, 4.69) is 6.07 Å². The molecular weight excluding hydrogens is 314 g/mol. The van der Waals surface area contributed by atoms with E-state index in [4.69, 9.17) is 0 Å². The van der Waals surface area contributed by atoms with Gasteiger partial charge in [0.1, 0.15) is 0 Å². The average Bonchev–Trinajstić information content (AvgIpc) is 2.06. The molecule has 0 aliphatic heterocycles. The summed E-state index contributed by atoms with van der Waals surface area (Å²) in [6, 6.07) is 14.0. The quantitative estimate of drug-likeness (QED) is 0.739. The third-order valence-electron chi connectivity index (χ3n) is 1.68. The van der Waals surface area contributed by atoms with Crippen LogP contribution in [0.3, 0.4) is 0 Å². The van der Waals surface area contributed by atoms with Crippen LogP contribution in [-0.2, 0) is 65.4 Å². The van der Waals surface area contributed by atoms with Crippen LogP contribution in [0.25, 0.3) is 10.8 Å². The van der Waals surface area contributed by atoms with Gasteiger partial charge in [0.25, 0.3) is 0 Å². The third kappa shape index (κ3) is 3.09. The van der Waals surface area contributed by atoms with Crippen molar-refractivity contribution in [3.8, 4) is 5.75 Å². The first-order valence-corrected chi connectivity index (χ1v) is 3.46. The van der Waals surface area contributed by atoms with Crippen LogP contribution >= 0.6 is 0 Å². The molecule has 2 aromatic rings. The molecule has 60 valence electrons. The van der Waals surface area contributed by atoms with Gasteiger partial charge in [-0.1, -0.05) is 17.5 Å². The van der Waals surface area contributed by atoms with Gasteiger partial charge in [0.2, 0.25) is 0 Å². The summed E-state index contributed by atoms with van der Waals surface area (Å²) < 4.78 is 0. The van der Waals surface area contributed by atoms with Gasteiger partial charge in [-0.15, -0.1) is 35.7 Å². The van der Waals surface area contributed by atoms with E-state index >= 15 is 0 Å². The Kier molecular flexibility index (Phi) is 6.58. The van der Waals surface area contributed by atoms with Crippen LogP contribution in [0.4, 0.5) is 0 Å². The summed E-state index contributed by atoms with van der Waals surface area (Å²) in [5.41, 5.74) is 0. The first-order chi connectivity index (χ1) is 5.38. The number of aromatic hydroxyl groups is 1. The fourth-order valence-electron chi connectivity index (χ4n) is 1.13. The Labute approximate surface area is 128 Å². The van der Waals surface area contributed by atoms with Crippen molar-refractivity contribution in [2.75, 3.05) is 0 Å². The van der Waals surface area contributed by atoms with Crippen molar-refractivity contribution in [1.29, 1.82) is 0 Å². The maximum absolute atomic E-state index is 9.35. The normalized spacial score (nSPS) is 8.62. The minimum Gasteiger partial charge on any atom is -0.527 e. The monoisotopic (exact) mass is 321 g/mol. The summed E-state index contributed by atoms with van der Waals surface area (Å²) in [4.78, 5) is 0.